The molecular weight excluding hydrogens is 889 g/mol. The monoisotopic (exact) mass is 1000 g/mol. The second kappa shape index (κ2) is 60.4. The summed E-state index contributed by atoms with van der Waals surface area (Å²) in [6.45, 7) is 6.55. The van der Waals surface area contributed by atoms with Gasteiger partial charge < -0.3 is 14.2 Å². The summed E-state index contributed by atoms with van der Waals surface area (Å²) < 4.78 is 16.8. The van der Waals surface area contributed by atoms with Crippen molar-refractivity contribution in [1.82, 2.24) is 0 Å². The van der Waals surface area contributed by atoms with Crippen molar-refractivity contribution in [1.29, 1.82) is 0 Å². The second-order valence-corrected chi connectivity index (χ2v) is 20.6. The minimum atomic E-state index is -0.779. The molecular formula is C66H116O6. The molecule has 0 radical (unpaired) electrons. The fourth-order valence-corrected chi connectivity index (χ4v) is 8.75. The van der Waals surface area contributed by atoms with E-state index in [-0.39, 0.29) is 31.1 Å². The number of hydrogen-bond acceptors (Lipinski definition) is 6. The van der Waals surface area contributed by atoms with Gasteiger partial charge in [-0.2, -0.15) is 0 Å². The van der Waals surface area contributed by atoms with Gasteiger partial charge in [0.05, 0.1) is 0 Å². The number of hydrogen-bond donors (Lipinski definition) is 0. The van der Waals surface area contributed by atoms with Gasteiger partial charge in [-0.3, -0.25) is 14.4 Å². The molecule has 1 unspecified atom stereocenters. The molecule has 0 aromatic carbocycles. The van der Waals surface area contributed by atoms with Crippen LogP contribution in [0.1, 0.15) is 310 Å². The van der Waals surface area contributed by atoms with Gasteiger partial charge in [0, 0.05) is 19.3 Å². The average molecular weight is 1010 g/mol. The minimum absolute atomic E-state index is 0.0793. The van der Waals surface area contributed by atoms with Crippen LogP contribution in [0.3, 0.4) is 0 Å². The van der Waals surface area contributed by atoms with Gasteiger partial charge in [-0.1, -0.05) is 267 Å². The predicted molar refractivity (Wildman–Crippen MR) is 311 cm³/mol. The third-order valence-electron chi connectivity index (χ3n) is 13.4. The number of esters is 3. The molecule has 0 fully saturated rings. The SMILES string of the molecule is CCCCC/C=C\C/C=C\C/C=C\CCCCCCCCC(=O)OC(COC(=O)CCCCCCCC)COC(=O)CCCCCCCCCCCCCCCC/C=C\C/C=C\C/C=C\CCCCCCC. The van der Waals surface area contributed by atoms with Gasteiger partial charge in [-0.05, 0) is 96.3 Å². The van der Waals surface area contributed by atoms with Crippen LogP contribution < -0.4 is 0 Å². The highest BCUT2D eigenvalue weighted by molar-refractivity contribution is 5.71. The van der Waals surface area contributed by atoms with Crippen LogP contribution in [0.15, 0.2) is 72.9 Å². The summed E-state index contributed by atoms with van der Waals surface area (Å²) in [4.78, 5) is 37.9. The molecule has 0 aromatic rings. The lowest BCUT2D eigenvalue weighted by molar-refractivity contribution is -0.167. The van der Waals surface area contributed by atoms with Crippen molar-refractivity contribution < 1.29 is 28.6 Å². The van der Waals surface area contributed by atoms with Crippen molar-refractivity contribution in [2.75, 3.05) is 13.2 Å². The first kappa shape index (κ1) is 68.8. The standard InChI is InChI=1S/C66H116O6/c1-4-7-10-13-16-18-20-22-24-26-28-29-30-31-32-33-34-35-36-37-39-40-42-44-46-48-50-53-56-59-65(68)71-62-63(61-70-64(67)58-55-52-15-12-9-6-3)72-66(69)60-57-54-51-49-47-45-43-41-38-27-25-23-21-19-17-14-11-8-5-2/h17,19-20,22-23,25-26,28,30-31,38,41,63H,4-16,18,21,24,27,29,32-37,39-40,42-62H2,1-3H3/b19-17-,22-20-,25-23-,28-26-,31-30-,41-38-. The Hall–Kier alpha value is -3.15. The number of unbranched alkanes of at least 4 members (excludes halogenated alkanes) is 33. The predicted octanol–water partition coefficient (Wildman–Crippen LogP) is 20.9. The molecule has 0 saturated carbocycles. The van der Waals surface area contributed by atoms with Crippen LogP contribution in [0.5, 0.6) is 0 Å². The van der Waals surface area contributed by atoms with Crippen LogP contribution in [0.25, 0.3) is 0 Å². The fourth-order valence-electron chi connectivity index (χ4n) is 8.75. The smallest absolute Gasteiger partial charge is 0.306 e. The third kappa shape index (κ3) is 57.7. The normalized spacial score (nSPS) is 12.5. The summed E-state index contributed by atoms with van der Waals surface area (Å²) in [6.07, 6.45) is 78.0. The van der Waals surface area contributed by atoms with E-state index in [0.717, 1.165) is 96.3 Å². The molecule has 6 heteroatoms. The molecule has 416 valence electrons. The molecule has 0 aliphatic carbocycles. The molecule has 0 rings (SSSR count). The van der Waals surface area contributed by atoms with Gasteiger partial charge in [0.25, 0.3) is 0 Å². The van der Waals surface area contributed by atoms with Crippen molar-refractivity contribution in [3.8, 4) is 0 Å². The first-order valence-electron chi connectivity index (χ1n) is 30.9. The fraction of sp³-hybridized carbons (Fsp3) is 0.773. The van der Waals surface area contributed by atoms with Crippen LogP contribution in [0, 0.1) is 0 Å². The van der Waals surface area contributed by atoms with E-state index in [1.54, 1.807) is 0 Å². The van der Waals surface area contributed by atoms with E-state index < -0.39 is 6.10 Å². The van der Waals surface area contributed by atoms with Gasteiger partial charge in [-0.15, -0.1) is 0 Å². The van der Waals surface area contributed by atoms with Gasteiger partial charge in [-0.25, -0.2) is 0 Å². The second-order valence-electron chi connectivity index (χ2n) is 20.6. The number of carbonyl (C=O) groups excluding carboxylic acids is 3. The Bertz CT molecular complexity index is 1340. The molecule has 1 atom stereocenters. The number of rotatable bonds is 56. The lowest BCUT2D eigenvalue weighted by Gasteiger charge is -2.18. The average Bonchev–Trinajstić information content (AvgIpc) is 3.38. The Kier molecular flexibility index (Phi) is 57.8. The molecule has 0 bridgehead atoms. The van der Waals surface area contributed by atoms with Crippen molar-refractivity contribution in [2.45, 2.75) is 316 Å². The van der Waals surface area contributed by atoms with Crippen molar-refractivity contribution in [3.05, 3.63) is 72.9 Å². The van der Waals surface area contributed by atoms with E-state index in [1.165, 1.54) is 173 Å². The molecule has 6 nitrogen and oxygen atoms in total. The zero-order chi connectivity index (χ0) is 52.2. The number of allylic oxidation sites excluding steroid dienone is 12. The summed E-state index contributed by atoms with van der Waals surface area (Å²) >= 11 is 0. The Labute approximate surface area is 446 Å². The molecule has 0 spiro atoms. The highest BCUT2D eigenvalue weighted by Crippen LogP contribution is 2.16. The van der Waals surface area contributed by atoms with Crippen molar-refractivity contribution in [2.24, 2.45) is 0 Å². The highest BCUT2D eigenvalue weighted by Gasteiger charge is 2.19. The third-order valence-corrected chi connectivity index (χ3v) is 13.4. The maximum absolute atomic E-state index is 12.8. The van der Waals surface area contributed by atoms with Crippen LogP contribution >= 0.6 is 0 Å². The Morgan fingerprint density at radius 3 is 0.806 bits per heavy atom. The van der Waals surface area contributed by atoms with Crippen molar-refractivity contribution >= 4 is 17.9 Å². The van der Waals surface area contributed by atoms with E-state index in [4.69, 9.17) is 14.2 Å². The Morgan fingerprint density at radius 1 is 0.278 bits per heavy atom. The highest BCUT2D eigenvalue weighted by atomic mass is 16.6. The van der Waals surface area contributed by atoms with Gasteiger partial charge in [0.1, 0.15) is 13.2 Å². The molecule has 0 saturated heterocycles. The first-order chi connectivity index (χ1) is 35.5. The number of carbonyl (C=O) groups is 3. The van der Waals surface area contributed by atoms with E-state index >= 15 is 0 Å². The van der Waals surface area contributed by atoms with Crippen LogP contribution in [-0.2, 0) is 28.6 Å². The minimum Gasteiger partial charge on any atom is -0.462 e. The summed E-state index contributed by atoms with van der Waals surface area (Å²) in [5.74, 6) is -0.893. The zero-order valence-electron chi connectivity index (χ0n) is 47.7. The Balaban J connectivity index is 4.08. The van der Waals surface area contributed by atoms with Gasteiger partial charge in [0.2, 0.25) is 0 Å². The summed E-state index contributed by atoms with van der Waals surface area (Å²) in [5.41, 5.74) is 0. The molecule has 0 heterocycles. The summed E-state index contributed by atoms with van der Waals surface area (Å²) in [6, 6.07) is 0. The summed E-state index contributed by atoms with van der Waals surface area (Å²) in [7, 11) is 0. The van der Waals surface area contributed by atoms with Crippen LogP contribution in [-0.4, -0.2) is 37.2 Å². The molecule has 0 aromatic heterocycles. The van der Waals surface area contributed by atoms with Crippen LogP contribution in [0.4, 0.5) is 0 Å². The van der Waals surface area contributed by atoms with Crippen LogP contribution in [0.2, 0.25) is 0 Å². The van der Waals surface area contributed by atoms with E-state index in [0.29, 0.717) is 19.3 Å². The molecule has 0 amide bonds. The molecule has 0 aliphatic heterocycles. The lowest BCUT2D eigenvalue weighted by Crippen LogP contribution is -2.30. The van der Waals surface area contributed by atoms with E-state index in [2.05, 4.69) is 93.7 Å². The molecule has 0 N–H and O–H groups in total. The largest absolute Gasteiger partial charge is 0.462 e. The topological polar surface area (TPSA) is 78.9 Å². The van der Waals surface area contributed by atoms with E-state index in [1.807, 2.05) is 0 Å². The first-order valence-corrected chi connectivity index (χ1v) is 30.9. The number of ether oxygens (including phenoxy) is 3. The quantitative estimate of drug-likeness (QED) is 0.0261. The van der Waals surface area contributed by atoms with Crippen molar-refractivity contribution in [3.63, 3.8) is 0 Å². The van der Waals surface area contributed by atoms with Gasteiger partial charge >= 0.3 is 17.9 Å². The van der Waals surface area contributed by atoms with E-state index in [9.17, 15) is 14.4 Å². The van der Waals surface area contributed by atoms with Gasteiger partial charge in [0.15, 0.2) is 6.10 Å². The summed E-state index contributed by atoms with van der Waals surface area (Å²) in [5, 5.41) is 0. The lowest BCUT2D eigenvalue weighted by atomic mass is 10.0. The Morgan fingerprint density at radius 2 is 0.500 bits per heavy atom. The maximum atomic E-state index is 12.8. The zero-order valence-corrected chi connectivity index (χ0v) is 47.7. The molecule has 0 aliphatic rings. The maximum Gasteiger partial charge on any atom is 0.306 e. The molecule has 72 heavy (non-hydrogen) atoms.